The van der Waals surface area contributed by atoms with Gasteiger partial charge in [0.2, 0.25) is 0 Å². The van der Waals surface area contributed by atoms with Crippen molar-refractivity contribution in [3.05, 3.63) is 36.4 Å². The van der Waals surface area contributed by atoms with E-state index in [0.29, 0.717) is 5.56 Å². The molecule has 3 nitrogen and oxygen atoms in total. The highest BCUT2D eigenvalue weighted by atomic mass is 16.5. The molecule has 0 saturated heterocycles. The van der Waals surface area contributed by atoms with Crippen LogP contribution in [-0.2, 0) is 0 Å². The first-order valence-electron chi connectivity index (χ1n) is 5.63. The summed E-state index contributed by atoms with van der Waals surface area (Å²) >= 11 is 0. The summed E-state index contributed by atoms with van der Waals surface area (Å²) in [6.07, 6.45) is 3.92. The van der Waals surface area contributed by atoms with Crippen LogP contribution in [0.5, 0.6) is 5.75 Å². The SMILES string of the molecule is C=CCCCN(C)c1cc(OC)ccc1C#N. The summed E-state index contributed by atoms with van der Waals surface area (Å²) in [5.74, 6) is 0.773. The molecule has 1 aromatic carbocycles. The predicted octanol–water partition coefficient (Wildman–Crippen LogP) is 2.97. The maximum atomic E-state index is 9.07. The third-order valence-corrected chi connectivity index (χ3v) is 2.64. The number of nitriles is 1. The molecule has 0 atom stereocenters. The van der Waals surface area contributed by atoms with E-state index in [2.05, 4.69) is 17.5 Å². The maximum Gasteiger partial charge on any atom is 0.121 e. The first kappa shape index (κ1) is 13.1. The van der Waals surface area contributed by atoms with Crippen LogP contribution in [0, 0.1) is 11.3 Å². The topological polar surface area (TPSA) is 36.3 Å². The normalized spacial score (nSPS) is 9.47. The van der Waals surface area contributed by atoms with Crippen molar-refractivity contribution >= 4 is 5.69 Å². The van der Waals surface area contributed by atoms with Crippen LogP contribution in [-0.4, -0.2) is 20.7 Å². The van der Waals surface area contributed by atoms with E-state index in [1.54, 1.807) is 19.2 Å². The van der Waals surface area contributed by atoms with Gasteiger partial charge in [0.05, 0.1) is 18.4 Å². The summed E-state index contributed by atoms with van der Waals surface area (Å²) in [5.41, 5.74) is 1.59. The summed E-state index contributed by atoms with van der Waals surface area (Å²) in [6, 6.07) is 7.69. The zero-order valence-corrected chi connectivity index (χ0v) is 10.4. The molecule has 17 heavy (non-hydrogen) atoms. The zero-order chi connectivity index (χ0) is 12.7. The van der Waals surface area contributed by atoms with Gasteiger partial charge < -0.3 is 9.64 Å². The molecule has 1 rings (SSSR count). The lowest BCUT2D eigenvalue weighted by Crippen LogP contribution is -2.19. The second-order valence-corrected chi connectivity index (χ2v) is 3.85. The fourth-order valence-corrected chi connectivity index (χ4v) is 1.64. The smallest absolute Gasteiger partial charge is 0.121 e. The van der Waals surface area contributed by atoms with Gasteiger partial charge in [-0.15, -0.1) is 6.58 Å². The van der Waals surface area contributed by atoms with E-state index in [-0.39, 0.29) is 0 Å². The number of ether oxygens (including phenoxy) is 1. The van der Waals surface area contributed by atoms with Crippen molar-refractivity contribution in [3.8, 4) is 11.8 Å². The molecule has 0 aliphatic heterocycles. The number of allylic oxidation sites excluding steroid dienone is 1. The van der Waals surface area contributed by atoms with Gasteiger partial charge in [-0.3, -0.25) is 0 Å². The van der Waals surface area contributed by atoms with Crippen molar-refractivity contribution in [1.29, 1.82) is 5.26 Å². The Kier molecular flexibility index (Phi) is 5.09. The van der Waals surface area contributed by atoms with Crippen molar-refractivity contribution in [2.24, 2.45) is 0 Å². The molecule has 1 aromatic rings. The highest BCUT2D eigenvalue weighted by molar-refractivity contribution is 5.61. The zero-order valence-electron chi connectivity index (χ0n) is 10.4. The van der Waals surface area contributed by atoms with E-state index >= 15 is 0 Å². The van der Waals surface area contributed by atoms with Crippen LogP contribution in [0.1, 0.15) is 18.4 Å². The molecular weight excluding hydrogens is 212 g/mol. The van der Waals surface area contributed by atoms with E-state index in [4.69, 9.17) is 10.00 Å². The first-order chi connectivity index (χ1) is 8.22. The van der Waals surface area contributed by atoms with Crippen molar-refractivity contribution in [3.63, 3.8) is 0 Å². The number of hydrogen-bond donors (Lipinski definition) is 0. The predicted molar refractivity (Wildman–Crippen MR) is 70.4 cm³/mol. The van der Waals surface area contributed by atoms with E-state index in [9.17, 15) is 0 Å². The molecule has 0 heterocycles. The minimum Gasteiger partial charge on any atom is -0.497 e. The van der Waals surface area contributed by atoms with Gasteiger partial charge in [-0.25, -0.2) is 0 Å². The van der Waals surface area contributed by atoms with Crippen LogP contribution >= 0.6 is 0 Å². The van der Waals surface area contributed by atoms with Gasteiger partial charge in [0.25, 0.3) is 0 Å². The van der Waals surface area contributed by atoms with Gasteiger partial charge >= 0.3 is 0 Å². The lowest BCUT2D eigenvalue weighted by molar-refractivity contribution is 0.415. The average molecular weight is 230 g/mol. The molecule has 0 bridgehead atoms. The Morgan fingerprint density at radius 2 is 2.29 bits per heavy atom. The summed E-state index contributed by atoms with van der Waals surface area (Å²) in [5, 5.41) is 9.07. The molecule has 90 valence electrons. The van der Waals surface area contributed by atoms with Gasteiger partial charge in [0.1, 0.15) is 11.8 Å². The van der Waals surface area contributed by atoms with Gasteiger partial charge in [-0.1, -0.05) is 6.08 Å². The molecule has 0 spiro atoms. The van der Waals surface area contributed by atoms with E-state index in [0.717, 1.165) is 30.8 Å². The quantitative estimate of drug-likeness (QED) is 0.557. The van der Waals surface area contributed by atoms with Gasteiger partial charge in [0, 0.05) is 19.7 Å². The van der Waals surface area contributed by atoms with Crippen LogP contribution < -0.4 is 9.64 Å². The second kappa shape index (κ2) is 6.59. The summed E-state index contributed by atoms with van der Waals surface area (Å²) in [6.45, 7) is 4.60. The van der Waals surface area contributed by atoms with Crippen LogP contribution in [0.2, 0.25) is 0 Å². The molecule has 0 aliphatic rings. The molecule has 0 aliphatic carbocycles. The van der Waals surface area contributed by atoms with Crippen LogP contribution in [0.4, 0.5) is 5.69 Å². The third kappa shape index (κ3) is 3.53. The minimum atomic E-state index is 0.673. The Morgan fingerprint density at radius 3 is 2.88 bits per heavy atom. The lowest BCUT2D eigenvalue weighted by atomic mass is 10.1. The van der Waals surface area contributed by atoms with Crippen LogP contribution in [0.15, 0.2) is 30.9 Å². The average Bonchev–Trinajstić information content (AvgIpc) is 2.38. The molecule has 3 heteroatoms. The summed E-state index contributed by atoms with van der Waals surface area (Å²) < 4.78 is 5.18. The number of benzene rings is 1. The maximum absolute atomic E-state index is 9.07. The fraction of sp³-hybridized carbons (Fsp3) is 0.357. The van der Waals surface area contributed by atoms with E-state index < -0.39 is 0 Å². The molecule has 0 N–H and O–H groups in total. The third-order valence-electron chi connectivity index (χ3n) is 2.64. The number of hydrogen-bond acceptors (Lipinski definition) is 3. The highest BCUT2D eigenvalue weighted by Crippen LogP contribution is 2.25. The standard InChI is InChI=1S/C14H18N2O/c1-4-5-6-9-16(2)14-10-13(17-3)8-7-12(14)11-15/h4,7-8,10H,1,5-6,9H2,2-3H3. The Labute approximate surface area is 103 Å². The van der Waals surface area contributed by atoms with Crippen molar-refractivity contribution in [2.45, 2.75) is 12.8 Å². The highest BCUT2D eigenvalue weighted by Gasteiger charge is 2.08. The van der Waals surface area contributed by atoms with Crippen molar-refractivity contribution < 1.29 is 4.74 Å². The number of unbranched alkanes of at least 4 members (excludes halogenated alkanes) is 1. The number of nitrogens with zero attached hydrogens (tertiary/aromatic N) is 2. The number of anilines is 1. The van der Waals surface area contributed by atoms with Crippen LogP contribution in [0.25, 0.3) is 0 Å². The number of methoxy groups -OCH3 is 1. The van der Waals surface area contributed by atoms with Gasteiger partial charge in [-0.2, -0.15) is 5.26 Å². The Hall–Kier alpha value is -1.95. The molecule has 0 amide bonds. The van der Waals surface area contributed by atoms with E-state index in [1.165, 1.54) is 0 Å². The minimum absolute atomic E-state index is 0.673. The fourth-order valence-electron chi connectivity index (χ4n) is 1.64. The van der Waals surface area contributed by atoms with Crippen LogP contribution in [0.3, 0.4) is 0 Å². The monoisotopic (exact) mass is 230 g/mol. The molecule has 0 aromatic heterocycles. The Balaban J connectivity index is 2.86. The molecule has 0 fully saturated rings. The molecule has 0 radical (unpaired) electrons. The Morgan fingerprint density at radius 1 is 1.53 bits per heavy atom. The lowest BCUT2D eigenvalue weighted by Gasteiger charge is -2.20. The summed E-state index contributed by atoms with van der Waals surface area (Å²) in [7, 11) is 3.61. The van der Waals surface area contributed by atoms with Crippen molar-refractivity contribution in [1.82, 2.24) is 0 Å². The summed E-state index contributed by atoms with van der Waals surface area (Å²) in [4.78, 5) is 2.07. The largest absolute Gasteiger partial charge is 0.497 e. The van der Waals surface area contributed by atoms with Crippen molar-refractivity contribution in [2.75, 3.05) is 25.6 Å². The van der Waals surface area contributed by atoms with E-state index in [1.807, 2.05) is 19.2 Å². The second-order valence-electron chi connectivity index (χ2n) is 3.85. The molecular formula is C14H18N2O. The van der Waals surface area contributed by atoms with Gasteiger partial charge in [0.15, 0.2) is 0 Å². The molecule has 0 unspecified atom stereocenters. The Bertz CT molecular complexity index is 421. The first-order valence-corrected chi connectivity index (χ1v) is 5.63. The van der Waals surface area contributed by atoms with Gasteiger partial charge in [-0.05, 0) is 25.0 Å². The molecule has 0 saturated carbocycles. The number of rotatable bonds is 6.